The predicted molar refractivity (Wildman–Crippen MR) is 87.1 cm³/mol. The van der Waals surface area contributed by atoms with Gasteiger partial charge in [0.1, 0.15) is 12.2 Å². The molecule has 0 saturated carbocycles. The van der Waals surface area contributed by atoms with E-state index >= 15 is 0 Å². The Kier molecular flexibility index (Phi) is 10.2. The van der Waals surface area contributed by atoms with Gasteiger partial charge in [-0.05, 0) is 13.3 Å². The lowest BCUT2D eigenvalue weighted by atomic mass is 10.2. The molecule has 1 rings (SSSR count). The van der Waals surface area contributed by atoms with Crippen LogP contribution in [0.2, 0.25) is 0 Å². The van der Waals surface area contributed by atoms with Crippen LogP contribution in [0.4, 0.5) is 0 Å². The molecular formula is C13H28O9P2. The first kappa shape index (κ1) is 22.2. The Morgan fingerprint density at radius 1 is 1.17 bits per heavy atom. The van der Waals surface area contributed by atoms with Crippen molar-refractivity contribution >= 4 is 15.4 Å². The van der Waals surface area contributed by atoms with E-state index in [1.54, 1.807) is 6.92 Å². The lowest BCUT2D eigenvalue weighted by molar-refractivity contribution is 0.00315. The van der Waals surface area contributed by atoms with Gasteiger partial charge in [-0.3, -0.25) is 13.6 Å². The number of hydrogen-bond acceptors (Lipinski definition) is 7. The van der Waals surface area contributed by atoms with Crippen molar-refractivity contribution in [2.75, 3.05) is 39.2 Å². The quantitative estimate of drug-likeness (QED) is 0.360. The highest BCUT2D eigenvalue weighted by Crippen LogP contribution is 2.47. The Bertz CT molecular complexity index is 445. The number of phosphoric ester groups is 1. The zero-order valence-corrected chi connectivity index (χ0v) is 16.0. The second kappa shape index (κ2) is 11.0. The molecule has 0 spiro atoms. The van der Waals surface area contributed by atoms with Gasteiger partial charge in [-0.1, -0.05) is 13.3 Å². The van der Waals surface area contributed by atoms with E-state index in [0.29, 0.717) is 26.1 Å². The van der Waals surface area contributed by atoms with Crippen LogP contribution in [0.25, 0.3) is 0 Å². The lowest BCUT2D eigenvalue weighted by Crippen LogP contribution is -2.28. The molecule has 24 heavy (non-hydrogen) atoms. The van der Waals surface area contributed by atoms with Crippen LogP contribution in [0.3, 0.4) is 0 Å². The fraction of sp³-hybridized carbons (Fsp3) is 1.00. The van der Waals surface area contributed by atoms with Gasteiger partial charge < -0.3 is 23.8 Å². The predicted octanol–water partition coefficient (Wildman–Crippen LogP) is 2.32. The van der Waals surface area contributed by atoms with Crippen LogP contribution >= 0.6 is 15.4 Å². The van der Waals surface area contributed by atoms with Crippen molar-refractivity contribution in [3.05, 3.63) is 0 Å². The van der Waals surface area contributed by atoms with E-state index in [9.17, 15) is 18.9 Å². The fourth-order valence-corrected chi connectivity index (χ4v) is 3.88. The first-order chi connectivity index (χ1) is 11.3. The zero-order chi connectivity index (χ0) is 18.1. The fourth-order valence-electron chi connectivity index (χ4n) is 2.01. The summed E-state index contributed by atoms with van der Waals surface area (Å²) in [6.45, 7) is 4.51. The van der Waals surface area contributed by atoms with Crippen molar-refractivity contribution in [3.8, 4) is 0 Å². The minimum absolute atomic E-state index is 0.118. The second-order valence-electron chi connectivity index (χ2n) is 5.35. The number of phosphoric acid groups is 1. The van der Waals surface area contributed by atoms with Gasteiger partial charge in [0.2, 0.25) is 0 Å². The third kappa shape index (κ3) is 9.04. The Morgan fingerprint density at radius 2 is 1.92 bits per heavy atom. The monoisotopic (exact) mass is 390 g/mol. The molecule has 0 aromatic carbocycles. The maximum Gasteiger partial charge on any atom is 0.472 e. The number of ether oxygens (including phenoxy) is 2. The molecule has 4 atom stereocenters. The van der Waals surface area contributed by atoms with Gasteiger partial charge >= 0.3 is 15.4 Å². The summed E-state index contributed by atoms with van der Waals surface area (Å²) >= 11 is 0. The lowest BCUT2D eigenvalue weighted by Gasteiger charge is -2.22. The van der Waals surface area contributed by atoms with Crippen molar-refractivity contribution in [3.63, 3.8) is 0 Å². The molecule has 1 heterocycles. The van der Waals surface area contributed by atoms with E-state index in [1.165, 1.54) is 0 Å². The van der Waals surface area contributed by atoms with Crippen LogP contribution < -0.4 is 0 Å². The molecule has 0 radical (unpaired) electrons. The van der Waals surface area contributed by atoms with Crippen LogP contribution in [0.5, 0.6) is 0 Å². The molecular weight excluding hydrogens is 362 g/mol. The van der Waals surface area contributed by atoms with Crippen molar-refractivity contribution < 1.29 is 42.0 Å². The average Bonchev–Trinajstić information content (AvgIpc) is 2.92. The summed E-state index contributed by atoms with van der Waals surface area (Å²) in [6, 6.07) is 0. The van der Waals surface area contributed by atoms with Crippen LogP contribution in [0.1, 0.15) is 33.1 Å². The Hall–Kier alpha value is 0.180. The molecule has 9 nitrogen and oxygen atoms in total. The Morgan fingerprint density at radius 3 is 2.58 bits per heavy atom. The van der Waals surface area contributed by atoms with E-state index < -0.39 is 27.6 Å². The first-order valence-electron chi connectivity index (χ1n) is 8.11. The minimum Gasteiger partial charge on any atom is -0.381 e. The van der Waals surface area contributed by atoms with Crippen molar-refractivity contribution in [2.24, 2.45) is 0 Å². The van der Waals surface area contributed by atoms with Crippen molar-refractivity contribution in [1.29, 1.82) is 0 Å². The molecule has 2 N–H and O–H groups in total. The number of hydrogen-bond donors (Lipinski definition) is 2. The molecule has 11 heteroatoms. The van der Waals surface area contributed by atoms with Gasteiger partial charge in [-0.2, -0.15) is 0 Å². The van der Waals surface area contributed by atoms with E-state index in [-0.39, 0.29) is 26.0 Å². The van der Waals surface area contributed by atoms with Crippen molar-refractivity contribution in [1.82, 2.24) is 0 Å². The summed E-state index contributed by atoms with van der Waals surface area (Å²) in [5, 5.41) is 0. The van der Waals surface area contributed by atoms with Gasteiger partial charge in [0, 0.05) is 19.6 Å². The maximum atomic E-state index is 11.9. The zero-order valence-electron chi connectivity index (χ0n) is 14.2. The van der Waals surface area contributed by atoms with Gasteiger partial charge in [0.05, 0.1) is 26.0 Å². The SMILES string of the molecule is CCCCOP(=O)(O)O[C@@H]1CCO[C@@H]1COP(=O)(O)CCOCC. The van der Waals surface area contributed by atoms with Gasteiger partial charge in [-0.25, -0.2) is 4.57 Å². The second-order valence-corrected chi connectivity index (χ2v) is 8.74. The Labute approximate surface area is 142 Å². The third-order valence-corrected chi connectivity index (χ3v) is 5.68. The minimum atomic E-state index is -4.18. The molecule has 1 fully saturated rings. The normalized spacial score (nSPS) is 26.2. The van der Waals surface area contributed by atoms with Gasteiger partial charge in [-0.15, -0.1) is 0 Å². The van der Waals surface area contributed by atoms with E-state index in [1.807, 2.05) is 6.92 Å². The molecule has 0 bridgehead atoms. The summed E-state index contributed by atoms with van der Waals surface area (Å²) < 4.78 is 49.1. The smallest absolute Gasteiger partial charge is 0.381 e. The molecule has 0 aromatic rings. The number of unbranched alkanes of at least 4 members (excludes halogenated alkanes) is 1. The summed E-state index contributed by atoms with van der Waals surface area (Å²) in [6.07, 6.45) is 0.301. The highest BCUT2D eigenvalue weighted by Gasteiger charge is 2.37. The number of rotatable bonds is 13. The largest absolute Gasteiger partial charge is 0.472 e. The topological polar surface area (TPSA) is 121 Å². The summed E-state index contributed by atoms with van der Waals surface area (Å²) in [7, 11) is -7.98. The highest BCUT2D eigenvalue weighted by molar-refractivity contribution is 7.52. The molecule has 0 aromatic heterocycles. The van der Waals surface area contributed by atoms with Crippen molar-refractivity contribution in [2.45, 2.75) is 45.3 Å². The summed E-state index contributed by atoms with van der Waals surface area (Å²) in [5.74, 6) is 0. The van der Waals surface area contributed by atoms with Crippen LogP contribution in [-0.4, -0.2) is 61.2 Å². The first-order valence-corrected chi connectivity index (χ1v) is 11.4. The molecule has 1 aliphatic rings. The van der Waals surface area contributed by atoms with E-state index in [0.717, 1.165) is 6.42 Å². The average molecular weight is 390 g/mol. The van der Waals surface area contributed by atoms with E-state index in [2.05, 4.69) is 0 Å². The third-order valence-electron chi connectivity index (χ3n) is 3.33. The van der Waals surface area contributed by atoms with E-state index in [4.69, 9.17) is 23.0 Å². The maximum absolute atomic E-state index is 11.9. The molecule has 144 valence electrons. The summed E-state index contributed by atoms with van der Waals surface area (Å²) in [5.41, 5.74) is 0. The molecule has 1 saturated heterocycles. The summed E-state index contributed by atoms with van der Waals surface area (Å²) in [4.78, 5) is 19.4. The molecule has 1 aliphatic heterocycles. The molecule has 0 amide bonds. The molecule has 0 aliphatic carbocycles. The van der Waals surface area contributed by atoms with Crippen LogP contribution in [0, 0.1) is 0 Å². The standard InChI is InChI=1S/C13H28O9P2/c1-3-5-7-20-24(16,17)22-12-6-8-19-13(12)11-21-23(14,15)10-9-18-4-2/h12-13H,3-11H2,1-2H3,(H,14,15)(H,16,17)/t12-,13-/m1/s1. The van der Waals surface area contributed by atoms with Gasteiger partial charge in [0.15, 0.2) is 0 Å². The van der Waals surface area contributed by atoms with Crippen LogP contribution in [0.15, 0.2) is 0 Å². The van der Waals surface area contributed by atoms with Crippen LogP contribution in [-0.2, 0) is 32.2 Å². The molecule has 2 unspecified atom stereocenters. The highest BCUT2D eigenvalue weighted by atomic mass is 31.2. The Balaban J connectivity index is 2.42. The van der Waals surface area contributed by atoms with Gasteiger partial charge in [0.25, 0.3) is 0 Å².